The van der Waals surface area contributed by atoms with E-state index >= 15 is 0 Å². The summed E-state index contributed by atoms with van der Waals surface area (Å²) in [6.07, 6.45) is -14.9. The molecule has 0 aromatic heterocycles. The molecule has 30 heavy (non-hydrogen) atoms. The Balaban J connectivity index is 2.22. The number of alkyl halides is 9. The highest BCUT2D eigenvalue weighted by Gasteiger charge is 2.37. The molecule has 0 radical (unpaired) electrons. The maximum Gasteiger partial charge on any atom is 0.417 e. The Morgan fingerprint density at radius 3 is 1.83 bits per heavy atom. The molecule has 0 aliphatic heterocycles. The van der Waals surface area contributed by atoms with Crippen molar-refractivity contribution in [3.8, 4) is 11.8 Å². The zero-order chi connectivity index (χ0) is 22.7. The Bertz CT molecular complexity index is 960. The third kappa shape index (κ3) is 5.92. The maximum absolute atomic E-state index is 12.9. The molecule has 0 bridgehead atoms. The van der Waals surface area contributed by atoms with E-state index in [-0.39, 0.29) is 18.2 Å². The van der Waals surface area contributed by atoms with Crippen LogP contribution in [0.25, 0.3) is 0 Å². The molecule has 0 unspecified atom stereocenters. The van der Waals surface area contributed by atoms with E-state index < -0.39 is 58.8 Å². The molecule has 2 nitrogen and oxygen atoms in total. The lowest BCUT2D eigenvalue weighted by Crippen LogP contribution is -2.25. The molecule has 1 amide bonds. The number of nitrogens with one attached hydrogen (secondary N) is 1. The van der Waals surface area contributed by atoms with E-state index in [9.17, 15) is 44.3 Å². The molecule has 160 valence electrons. The number of amides is 1. The molecule has 2 aromatic rings. The molecule has 0 saturated carbocycles. The predicted octanol–water partition coefficient (Wildman–Crippen LogP) is 5.52. The van der Waals surface area contributed by atoms with Gasteiger partial charge in [-0.3, -0.25) is 4.79 Å². The summed E-state index contributed by atoms with van der Waals surface area (Å²) in [4.78, 5) is 11.9. The Morgan fingerprint density at radius 2 is 1.33 bits per heavy atom. The zero-order valence-corrected chi connectivity index (χ0v) is 14.6. The second kappa shape index (κ2) is 8.30. The fraction of sp³-hybridized carbons (Fsp3) is 0.211. The van der Waals surface area contributed by atoms with Crippen molar-refractivity contribution in [2.24, 2.45) is 0 Å². The third-order valence-corrected chi connectivity index (χ3v) is 3.64. The molecule has 0 atom stereocenters. The number of benzene rings is 2. The SMILES string of the molecule is O=C(NCC#Cc1ccccc1C(F)(F)F)c1cc(C(F)(F)F)cc(C(F)(F)F)c1. The highest BCUT2D eigenvalue weighted by molar-refractivity contribution is 5.94. The first kappa shape index (κ1) is 23.1. The van der Waals surface area contributed by atoms with E-state index in [1.54, 1.807) is 0 Å². The van der Waals surface area contributed by atoms with E-state index in [2.05, 4.69) is 11.8 Å². The van der Waals surface area contributed by atoms with Crippen molar-refractivity contribution < 1.29 is 44.3 Å². The average molecular weight is 439 g/mol. The molecule has 0 aliphatic carbocycles. The number of carbonyl (C=O) groups is 1. The fourth-order valence-electron chi connectivity index (χ4n) is 2.29. The molecular weight excluding hydrogens is 429 g/mol. The molecule has 11 heteroatoms. The van der Waals surface area contributed by atoms with Crippen LogP contribution in [0.4, 0.5) is 39.5 Å². The van der Waals surface area contributed by atoms with Crippen LogP contribution >= 0.6 is 0 Å². The maximum atomic E-state index is 12.9. The lowest BCUT2D eigenvalue weighted by molar-refractivity contribution is -0.143. The average Bonchev–Trinajstić information content (AvgIpc) is 2.62. The zero-order valence-electron chi connectivity index (χ0n) is 14.6. The topological polar surface area (TPSA) is 29.1 Å². The predicted molar refractivity (Wildman–Crippen MR) is 87.1 cm³/mol. The summed E-state index contributed by atoms with van der Waals surface area (Å²) in [6.45, 7) is -0.609. The van der Waals surface area contributed by atoms with Crippen LogP contribution in [-0.4, -0.2) is 12.5 Å². The van der Waals surface area contributed by atoms with Crippen molar-refractivity contribution in [1.29, 1.82) is 0 Å². The third-order valence-electron chi connectivity index (χ3n) is 3.64. The van der Waals surface area contributed by atoms with Gasteiger partial charge in [-0.05, 0) is 30.3 Å². The van der Waals surface area contributed by atoms with Gasteiger partial charge in [0.05, 0.1) is 23.2 Å². The van der Waals surface area contributed by atoms with Gasteiger partial charge in [0.15, 0.2) is 0 Å². The lowest BCUT2D eigenvalue weighted by atomic mass is 10.0. The second-order valence-electron chi connectivity index (χ2n) is 5.82. The molecule has 0 spiro atoms. The van der Waals surface area contributed by atoms with Gasteiger partial charge in [0, 0.05) is 11.1 Å². The van der Waals surface area contributed by atoms with Crippen molar-refractivity contribution in [3.63, 3.8) is 0 Å². The van der Waals surface area contributed by atoms with Crippen LogP contribution in [0.3, 0.4) is 0 Å². The Morgan fingerprint density at radius 1 is 0.800 bits per heavy atom. The molecule has 0 heterocycles. The van der Waals surface area contributed by atoms with Gasteiger partial charge in [0.1, 0.15) is 0 Å². The van der Waals surface area contributed by atoms with E-state index in [4.69, 9.17) is 0 Å². The Labute approximate surface area is 163 Å². The van der Waals surface area contributed by atoms with Crippen molar-refractivity contribution in [3.05, 3.63) is 70.3 Å². The molecule has 1 N–H and O–H groups in total. The molecule has 0 fully saturated rings. The monoisotopic (exact) mass is 439 g/mol. The van der Waals surface area contributed by atoms with Crippen LogP contribution in [-0.2, 0) is 18.5 Å². The van der Waals surface area contributed by atoms with Gasteiger partial charge in [-0.1, -0.05) is 24.0 Å². The quantitative estimate of drug-likeness (QED) is 0.484. The summed E-state index contributed by atoms with van der Waals surface area (Å²) < 4.78 is 115. The van der Waals surface area contributed by atoms with E-state index in [1.807, 2.05) is 5.32 Å². The first-order valence-electron chi connectivity index (χ1n) is 7.92. The summed E-state index contributed by atoms with van der Waals surface area (Å²) in [5, 5.41) is 1.96. The first-order valence-corrected chi connectivity index (χ1v) is 7.92. The van der Waals surface area contributed by atoms with Crippen molar-refractivity contribution in [2.45, 2.75) is 18.5 Å². The summed E-state index contributed by atoms with van der Waals surface area (Å²) in [7, 11) is 0. The number of carbonyl (C=O) groups excluding carboxylic acids is 1. The van der Waals surface area contributed by atoms with Gasteiger partial charge in [-0.25, -0.2) is 0 Å². The number of hydrogen-bond acceptors (Lipinski definition) is 1. The summed E-state index contributed by atoms with van der Waals surface area (Å²) in [5.74, 6) is 3.03. The van der Waals surface area contributed by atoms with Crippen LogP contribution in [0, 0.1) is 11.8 Å². The Hall–Kier alpha value is -3.16. The second-order valence-corrected chi connectivity index (χ2v) is 5.82. The van der Waals surface area contributed by atoms with E-state index in [0.717, 1.165) is 18.2 Å². The van der Waals surface area contributed by atoms with Crippen LogP contribution < -0.4 is 5.32 Å². The highest BCUT2D eigenvalue weighted by Crippen LogP contribution is 2.36. The van der Waals surface area contributed by atoms with Gasteiger partial charge in [0.25, 0.3) is 5.91 Å². The highest BCUT2D eigenvalue weighted by atomic mass is 19.4. The number of rotatable bonds is 2. The van der Waals surface area contributed by atoms with Crippen molar-refractivity contribution in [2.75, 3.05) is 6.54 Å². The minimum Gasteiger partial charge on any atom is -0.341 e. The standard InChI is InChI=1S/C19H10F9NO/c20-17(21,22)13-8-12(9-14(10-13)18(23,24)25)16(30)29-7-3-5-11-4-1-2-6-15(11)19(26,27)28/h1-2,4,6,8-10H,7H2,(H,29,30). The van der Waals surface area contributed by atoms with Crippen LogP contribution in [0.1, 0.15) is 32.6 Å². The smallest absolute Gasteiger partial charge is 0.341 e. The lowest BCUT2D eigenvalue weighted by Gasteiger charge is -2.13. The van der Waals surface area contributed by atoms with Gasteiger partial charge < -0.3 is 5.32 Å². The van der Waals surface area contributed by atoms with Gasteiger partial charge in [-0.15, -0.1) is 0 Å². The van der Waals surface area contributed by atoms with Gasteiger partial charge in [-0.2, -0.15) is 39.5 Å². The minimum atomic E-state index is -5.13. The summed E-state index contributed by atoms with van der Waals surface area (Å²) in [5.41, 5.74) is -5.70. The minimum absolute atomic E-state index is 0.134. The fourth-order valence-corrected chi connectivity index (χ4v) is 2.29. The number of halogens is 9. The normalized spacial score (nSPS) is 12.2. The van der Waals surface area contributed by atoms with E-state index in [0.29, 0.717) is 0 Å². The number of hydrogen-bond donors (Lipinski definition) is 1. The van der Waals surface area contributed by atoms with Gasteiger partial charge in [0.2, 0.25) is 0 Å². The Kier molecular flexibility index (Phi) is 6.39. The van der Waals surface area contributed by atoms with Crippen molar-refractivity contribution in [1.82, 2.24) is 5.32 Å². The molecule has 2 aromatic carbocycles. The van der Waals surface area contributed by atoms with Crippen LogP contribution in [0.15, 0.2) is 42.5 Å². The largest absolute Gasteiger partial charge is 0.417 e. The molecule has 0 aliphatic rings. The summed E-state index contributed by atoms with van der Waals surface area (Å²) in [6, 6.07) is 4.61. The van der Waals surface area contributed by atoms with Crippen molar-refractivity contribution >= 4 is 5.91 Å². The first-order chi connectivity index (χ1) is 13.7. The van der Waals surface area contributed by atoms with Crippen LogP contribution in [0.2, 0.25) is 0 Å². The molecular formula is C19H10F9NO. The van der Waals surface area contributed by atoms with Crippen LogP contribution in [0.5, 0.6) is 0 Å². The summed E-state index contributed by atoms with van der Waals surface area (Å²) >= 11 is 0. The molecule has 0 saturated heterocycles. The van der Waals surface area contributed by atoms with Gasteiger partial charge >= 0.3 is 18.5 Å². The van der Waals surface area contributed by atoms with E-state index in [1.165, 1.54) is 6.07 Å². The molecule has 2 rings (SSSR count).